The van der Waals surface area contributed by atoms with Crippen LogP contribution in [0, 0.1) is 12.3 Å². The normalized spacial score (nSPS) is 24.6. The lowest BCUT2D eigenvalue weighted by molar-refractivity contribution is -0.141. The van der Waals surface area contributed by atoms with Gasteiger partial charge in [0.1, 0.15) is 18.3 Å². The standard InChI is InChI=1S/C28H36N2O7Si/c1-18-17-30(26(35)29-25(18)34)28(38(19-11-7-5-8-12-19)20-13-9-6-10-14-20)24(36-16-15-31)21(32)22(37-28)23(33)27(2,3)4/h5-14,17,21-24,31-33,38H,15-16H2,1-4H3,(H,29,34,35)/t21-,22+,23?,24-,28+/m1/s1. The third-order valence-electron chi connectivity index (χ3n) is 7.14. The van der Waals surface area contributed by atoms with E-state index in [1.807, 2.05) is 81.4 Å². The minimum absolute atomic E-state index is 0.132. The molecule has 0 amide bonds. The quantitative estimate of drug-likeness (QED) is 0.286. The highest BCUT2D eigenvalue weighted by molar-refractivity contribution is 6.86. The average Bonchev–Trinajstić information content (AvgIpc) is 3.17. The number of rotatable bonds is 8. The molecule has 1 aliphatic heterocycles. The molecule has 4 rings (SSSR count). The highest BCUT2D eigenvalue weighted by atomic mass is 28.3. The highest BCUT2D eigenvalue weighted by Crippen LogP contribution is 2.43. The fourth-order valence-corrected chi connectivity index (χ4v) is 9.21. The monoisotopic (exact) mass is 540 g/mol. The van der Waals surface area contributed by atoms with Crippen molar-refractivity contribution < 1.29 is 24.8 Å². The van der Waals surface area contributed by atoms with Crippen LogP contribution >= 0.6 is 0 Å². The van der Waals surface area contributed by atoms with Crippen LogP contribution in [0.3, 0.4) is 0 Å². The number of aromatic amines is 1. The Morgan fingerprint density at radius 2 is 1.63 bits per heavy atom. The smallest absolute Gasteiger partial charge is 0.330 e. The van der Waals surface area contributed by atoms with Gasteiger partial charge in [0, 0.05) is 11.8 Å². The van der Waals surface area contributed by atoms with Crippen LogP contribution in [0.15, 0.2) is 76.4 Å². The summed E-state index contributed by atoms with van der Waals surface area (Å²) in [6, 6.07) is 19.1. The van der Waals surface area contributed by atoms with Crippen LogP contribution in [0.5, 0.6) is 0 Å². The molecule has 1 aromatic heterocycles. The Hall–Kier alpha value is -2.86. The van der Waals surface area contributed by atoms with Gasteiger partial charge in [0.25, 0.3) is 5.56 Å². The number of ether oxygens (including phenoxy) is 2. The van der Waals surface area contributed by atoms with Crippen molar-refractivity contribution in [3.8, 4) is 0 Å². The van der Waals surface area contributed by atoms with Gasteiger partial charge in [-0.05, 0) is 12.3 Å². The van der Waals surface area contributed by atoms with Gasteiger partial charge >= 0.3 is 5.69 Å². The second-order valence-electron chi connectivity index (χ2n) is 10.8. The van der Waals surface area contributed by atoms with E-state index in [9.17, 15) is 24.9 Å². The molecule has 9 nitrogen and oxygen atoms in total. The Kier molecular flexibility index (Phi) is 8.22. The molecule has 1 saturated heterocycles. The van der Waals surface area contributed by atoms with E-state index in [0.29, 0.717) is 0 Å². The second kappa shape index (κ2) is 11.1. The minimum Gasteiger partial charge on any atom is -0.394 e. The molecule has 1 unspecified atom stereocenters. The zero-order chi connectivity index (χ0) is 27.7. The summed E-state index contributed by atoms with van der Waals surface area (Å²) in [5, 5.41) is 32.9. The van der Waals surface area contributed by atoms with Crippen LogP contribution in [-0.4, -0.2) is 71.3 Å². The van der Waals surface area contributed by atoms with E-state index in [2.05, 4.69) is 4.98 Å². The first kappa shape index (κ1) is 28.2. The molecule has 0 radical (unpaired) electrons. The van der Waals surface area contributed by atoms with Gasteiger partial charge in [0.05, 0.1) is 19.3 Å². The maximum atomic E-state index is 13.6. The first-order valence-electron chi connectivity index (χ1n) is 12.7. The fraction of sp³-hybridized carbons (Fsp3) is 0.429. The van der Waals surface area contributed by atoms with Gasteiger partial charge in [-0.25, -0.2) is 4.79 Å². The van der Waals surface area contributed by atoms with Crippen molar-refractivity contribution in [2.24, 2.45) is 5.41 Å². The molecule has 2 heterocycles. The Labute approximate surface area is 222 Å². The van der Waals surface area contributed by atoms with Crippen LogP contribution in [0.4, 0.5) is 0 Å². The van der Waals surface area contributed by atoms with Crippen LogP contribution < -0.4 is 21.6 Å². The van der Waals surface area contributed by atoms with E-state index in [-0.39, 0.29) is 18.8 Å². The van der Waals surface area contributed by atoms with E-state index in [4.69, 9.17) is 9.47 Å². The maximum Gasteiger partial charge on any atom is 0.330 e. The van der Waals surface area contributed by atoms with Gasteiger partial charge in [-0.2, -0.15) is 0 Å². The lowest BCUT2D eigenvalue weighted by Crippen LogP contribution is -2.69. The van der Waals surface area contributed by atoms with Crippen molar-refractivity contribution in [1.82, 2.24) is 9.55 Å². The number of hydrogen-bond acceptors (Lipinski definition) is 7. The SMILES string of the molecule is Cc1cn([C@]2([SiH](c3ccccc3)c3ccccc3)O[C@H](C(O)C(C)(C)C)[C@@H](O)[C@H]2OCCO)c(=O)[nH]c1=O. The molecule has 10 heteroatoms. The molecule has 0 saturated carbocycles. The topological polar surface area (TPSA) is 134 Å². The molecule has 204 valence electrons. The predicted octanol–water partition coefficient (Wildman–Crippen LogP) is -0.377. The van der Waals surface area contributed by atoms with Crippen LogP contribution in [0.2, 0.25) is 0 Å². The van der Waals surface area contributed by atoms with Crippen molar-refractivity contribution >= 4 is 19.2 Å². The summed E-state index contributed by atoms with van der Waals surface area (Å²) < 4.78 is 14.2. The lowest BCUT2D eigenvalue weighted by Gasteiger charge is -2.42. The first-order valence-corrected chi connectivity index (χ1v) is 14.4. The van der Waals surface area contributed by atoms with E-state index in [1.165, 1.54) is 10.8 Å². The molecule has 2 aromatic carbocycles. The largest absolute Gasteiger partial charge is 0.394 e. The summed E-state index contributed by atoms with van der Waals surface area (Å²) in [7, 11) is -2.76. The van der Waals surface area contributed by atoms with E-state index >= 15 is 0 Å². The number of nitrogens with one attached hydrogen (secondary N) is 1. The number of aromatic nitrogens is 2. The van der Waals surface area contributed by atoms with E-state index in [0.717, 1.165) is 10.4 Å². The zero-order valence-electron chi connectivity index (χ0n) is 22.1. The van der Waals surface area contributed by atoms with Gasteiger partial charge in [0.15, 0.2) is 14.1 Å². The van der Waals surface area contributed by atoms with Crippen LogP contribution in [0.1, 0.15) is 26.3 Å². The van der Waals surface area contributed by atoms with Crippen LogP contribution in [0.25, 0.3) is 0 Å². The van der Waals surface area contributed by atoms with Crippen molar-refractivity contribution in [3.63, 3.8) is 0 Å². The summed E-state index contributed by atoms with van der Waals surface area (Å²) in [4.78, 5) is 28.3. The van der Waals surface area contributed by atoms with Gasteiger partial charge in [-0.1, -0.05) is 91.8 Å². The Morgan fingerprint density at radius 1 is 1.08 bits per heavy atom. The van der Waals surface area contributed by atoms with Crippen molar-refractivity contribution in [2.75, 3.05) is 13.2 Å². The predicted molar refractivity (Wildman–Crippen MR) is 147 cm³/mol. The number of hydrogen-bond donors (Lipinski definition) is 4. The highest BCUT2D eigenvalue weighted by Gasteiger charge is 2.64. The Morgan fingerprint density at radius 3 is 2.13 bits per heavy atom. The molecule has 1 aliphatic rings. The molecule has 1 fully saturated rings. The molecular weight excluding hydrogens is 504 g/mol. The summed E-state index contributed by atoms with van der Waals surface area (Å²) in [6.45, 7) is 6.62. The molecule has 0 bridgehead atoms. The number of aliphatic hydroxyl groups is 3. The molecule has 38 heavy (non-hydrogen) atoms. The number of benzene rings is 2. The molecular formula is C28H36N2O7Si. The van der Waals surface area contributed by atoms with Gasteiger partial charge < -0.3 is 24.8 Å². The number of aliphatic hydroxyl groups excluding tert-OH is 3. The molecule has 5 atom stereocenters. The third-order valence-corrected chi connectivity index (χ3v) is 10.8. The summed E-state index contributed by atoms with van der Waals surface area (Å²) >= 11 is 0. The number of aryl methyl sites for hydroxylation is 1. The third kappa shape index (κ3) is 5.07. The molecule has 0 spiro atoms. The Balaban J connectivity index is 2.11. The van der Waals surface area contributed by atoms with E-state index in [1.54, 1.807) is 6.92 Å². The fourth-order valence-electron chi connectivity index (χ4n) is 5.27. The van der Waals surface area contributed by atoms with Gasteiger partial charge in [-0.3, -0.25) is 14.3 Å². The first-order chi connectivity index (χ1) is 18.0. The molecule has 4 N–H and O–H groups in total. The van der Waals surface area contributed by atoms with E-state index < -0.39 is 55.2 Å². The zero-order valence-corrected chi connectivity index (χ0v) is 23.2. The lowest BCUT2D eigenvalue weighted by atomic mass is 9.84. The van der Waals surface area contributed by atoms with Crippen molar-refractivity contribution in [3.05, 3.63) is 93.3 Å². The average molecular weight is 541 g/mol. The summed E-state index contributed by atoms with van der Waals surface area (Å²) in [5.74, 6) is 0. The Bertz CT molecular complexity index is 1300. The maximum absolute atomic E-state index is 13.6. The summed E-state index contributed by atoms with van der Waals surface area (Å²) in [5.41, 5.74) is -1.65. The molecule has 3 aromatic rings. The van der Waals surface area contributed by atoms with Gasteiger partial charge in [-0.15, -0.1) is 0 Å². The van der Waals surface area contributed by atoms with Crippen molar-refractivity contribution in [1.29, 1.82) is 0 Å². The van der Waals surface area contributed by atoms with Gasteiger partial charge in [0.2, 0.25) is 0 Å². The minimum atomic E-state index is -2.76. The van der Waals surface area contributed by atoms with Crippen LogP contribution in [-0.2, 0) is 14.8 Å². The number of nitrogens with zero attached hydrogens (tertiary/aromatic N) is 1. The molecule has 0 aliphatic carbocycles. The second-order valence-corrected chi connectivity index (χ2v) is 13.9. The summed E-state index contributed by atoms with van der Waals surface area (Å²) in [6.07, 6.45) is -3.32. The number of H-pyrrole nitrogens is 1. The van der Waals surface area contributed by atoms with Crippen molar-refractivity contribution in [2.45, 2.75) is 57.5 Å².